The van der Waals surface area contributed by atoms with Crippen LogP contribution in [0.2, 0.25) is 0 Å². The van der Waals surface area contributed by atoms with Gasteiger partial charge >= 0.3 is 6.16 Å². The third-order valence-corrected chi connectivity index (χ3v) is 3.68. The van der Waals surface area contributed by atoms with E-state index in [4.69, 9.17) is 14.6 Å². The maximum atomic E-state index is 10.8. The Morgan fingerprint density at radius 1 is 1.00 bits per heavy atom. The number of phenolic OH excluding ortho intramolecular Hbond substituents is 1. The fourth-order valence-electron chi connectivity index (χ4n) is 2.14. The number of rotatable bonds is 7. The number of unbranched alkanes of at least 4 members (excludes halogenated alkanes) is 3. The maximum Gasteiger partial charge on any atom is 0.511 e. The van der Waals surface area contributed by atoms with Crippen molar-refractivity contribution >= 4 is 6.16 Å². The second-order valence-corrected chi connectivity index (χ2v) is 5.16. The minimum Gasteiger partial charge on any atom is -0.504 e. The van der Waals surface area contributed by atoms with Gasteiger partial charge < -0.3 is 19.7 Å². The first-order valence-electron chi connectivity index (χ1n) is 7.26. The van der Waals surface area contributed by atoms with Crippen molar-refractivity contribution in [1.29, 1.82) is 0 Å². The van der Waals surface area contributed by atoms with Gasteiger partial charge in [0.1, 0.15) is 0 Å². The van der Waals surface area contributed by atoms with Gasteiger partial charge in [0.2, 0.25) is 5.75 Å². The quantitative estimate of drug-likeness (QED) is 0.445. The zero-order valence-corrected chi connectivity index (χ0v) is 13.2. The zero-order valence-electron chi connectivity index (χ0n) is 13.2. The van der Waals surface area contributed by atoms with Gasteiger partial charge in [-0.25, -0.2) is 4.79 Å². The molecule has 5 heteroatoms. The van der Waals surface area contributed by atoms with E-state index in [0.717, 1.165) is 36.8 Å². The molecule has 0 aromatic heterocycles. The minimum absolute atomic E-state index is 0.112. The number of phenols is 1. The Labute approximate surface area is 125 Å². The Kier molecular flexibility index (Phi) is 6.34. The molecule has 21 heavy (non-hydrogen) atoms. The van der Waals surface area contributed by atoms with E-state index in [1.54, 1.807) is 6.92 Å². The molecule has 0 unspecified atom stereocenters. The Morgan fingerprint density at radius 2 is 1.67 bits per heavy atom. The lowest BCUT2D eigenvalue weighted by molar-refractivity contribution is 0.140. The molecular formula is C16H24O5. The van der Waals surface area contributed by atoms with Gasteiger partial charge in [0, 0.05) is 0 Å². The molecule has 0 radical (unpaired) electrons. The lowest BCUT2D eigenvalue weighted by atomic mass is 10.0. The number of hydrogen-bond acceptors (Lipinski definition) is 4. The number of carboxylic acid groups (broad SMARTS) is 1. The van der Waals surface area contributed by atoms with Crippen LogP contribution in [0.4, 0.5) is 4.79 Å². The Morgan fingerprint density at radius 3 is 2.24 bits per heavy atom. The van der Waals surface area contributed by atoms with Crippen LogP contribution in [-0.4, -0.2) is 23.0 Å². The molecule has 0 aliphatic rings. The largest absolute Gasteiger partial charge is 0.511 e. The summed E-state index contributed by atoms with van der Waals surface area (Å²) in [6, 6.07) is 0. The van der Waals surface area contributed by atoms with Crippen LogP contribution in [0.25, 0.3) is 0 Å². The second-order valence-electron chi connectivity index (χ2n) is 5.16. The van der Waals surface area contributed by atoms with Gasteiger partial charge in [0.05, 0.1) is 6.61 Å². The van der Waals surface area contributed by atoms with E-state index in [0.29, 0.717) is 17.9 Å². The third-order valence-electron chi connectivity index (χ3n) is 3.68. The van der Waals surface area contributed by atoms with Gasteiger partial charge in [-0.3, -0.25) is 0 Å². The molecule has 0 heterocycles. The summed E-state index contributed by atoms with van der Waals surface area (Å²) in [7, 11) is 0. The Balaban J connectivity index is 3.01. The molecule has 1 aromatic rings. The standard InChI is InChI=1S/C16H24O5/c1-5-6-7-8-9-20-14-12(4)10(2)11(3)13(17)15(14)21-16(18)19/h17H,5-9H2,1-4H3,(H,18,19). The van der Waals surface area contributed by atoms with Crippen LogP contribution in [0.3, 0.4) is 0 Å². The summed E-state index contributed by atoms with van der Waals surface area (Å²) in [5.41, 5.74) is 2.26. The molecule has 2 N–H and O–H groups in total. The summed E-state index contributed by atoms with van der Waals surface area (Å²) in [4.78, 5) is 10.8. The van der Waals surface area contributed by atoms with E-state index >= 15 is 0 Å². The number of hydrogen-bond donors (Lipinski definition) is 2. The highest BCUT2D eigenvalue weighted by molar-refractivity contribution is 5.69. The smallest absolute Gasteiger partial charge is 0.504 e. The van der Waals surface area contributed by atoms with Crippen LogP contribution < -0.4 is 9.47 Å². The van der Waals surface area contributed by atoms with E-state index in [1.807, 2.05) is 13.8 Å². The third kappa shape index (κ3) is 4.28. The van der Waals surface area contributed by atoms with Gasteiger partial charge in [-0.2, -0.15) is 0 Å². The molecule has 0 fully saturated rings. The molecule has 1 rings (SSSR count). The highest BCUT2D eigenvalue weighted by Gasteiger charge is 2.22. The molecule has 5 nitrogen and oxygen atoms in total. The molecule has 0 amide bonds. The first-order chi connectivity index (χ1) is 9.90. The highest BCUT2D eigenvalue weighted by Crippen LogP contribution is 2.44. The molecule has 0 atom stereocenters. The summed E-state index contributed by atoms with van der Waals surface area (Å²) < 4.78 is 10.4. The van der Waals surface area contributed by atoms with E-state index in [-0.39, 0.29) is 11.5 Å². The minimum atomic E-state index is -1.47. The van der Waals surface area contributed by atoms with Gasteiger partial charge in [0.25, 0.3) is 0 Å². The van der Waals surface area contributed by atoms with Crippen LogP contribution in [0, 0.1) is 20.8 Å². The lowest BCUT2D eigenvalue weighted by Gasteiger charge is -2.18. The molecule has 0 aliphatic heterocycles. The molecule has 0 saturated carbocycles. The number of carbonyl (C=O) groups is 1. The van der Waals surface area contributed by atoms with Crippen LogP contribution in [0.15, 0.2) is 0 Å². The van der Waals surface area contributed by atoms with Crippen molar-refractivity contribution in [1.82, 2.24) is 0 Å². The fourth-order valence-corrected chi connectivity index (χ4v) is 2.14. The first kappa shape index (κ1) is 17.1. The van der Waals surface area contributed by atoms with Crippen molar-refractivity contribution in [3.05, 3.63) is 16.7 Å². The second kappa shape index (κ2) is 7.76. The predicted molar refractivity (Wildman–Crippen MR) is 80.6 cm³/mol. The summed E-state index contributed by atoms with van der Waals surface area (Å²) >= 11 is 0. The van der Waals surface area contributed by atoms with E-state index < -0.39 is 6.16 Å². The average Bonchev–Trinajstić information content (AvgIpc) is 2.44. The van der Waals surface area contributed by atoms with E-state index in [2.05, 4.69) is 6.92 Å². The summed E-state index contributed by atoms with van der Waals surface area (Å²) in [6.07, 6.45) is 2.74. The molecular weight excluding hydrogens is 272 g/mol. The maximum absolute atomic E-state index is 10.8. The van der Waals surface area contributed by atoms with Gasteiger partial charge in [0.15, 0.2) is 11.5 Å². The van der Waals surface area contributed by atoms with Gasteiger partial charge in [-0.1, -0.05) is 26.2 Å². The van der Waals surface area contributed by atoms with Gasteiger partial charge in [-0.05, 0) is 43.9 Å². The van der Waals surface area contributed by atoms with Crippen molar-refractivity contribution in [3.8, 4) is 17.2 Å². The van der Waals surface area contributed by atoms with Crippen molar-refractivity contribution in [2.75, 3.05) is 6.61 Å². The molecule has 0 saturated heterocycles. The Bertz CT molecular complexity index is 508. The van der Waals surface area contributed by atoms with Crippen LogP contribution in [-0.2, 0) is 0 Å². The molecule has 0 bridgehead atoms. The number of ether oxygens (including phenoxy) is 2. The molecule has 0 aliphatic carbocycles. The topological polar surface area (TPSA) is 76.0 Å². The zero-order chi connectivity index (χ0) is 16.0. The van der Waals surface area contributed by atoms with E-state index in [1.165, 1.54) is 0 Å². The molecule has 1 aromatic carbocycles. The number of aromatic hydroxyl groups is 1. The van der Waals surface area contributed by atoms with Crippen LogP contribution in [0.1, 0.15) is 49.3 Å². The summed E-state index contributed by atoms with van der Waals surface area (Å²) in [5.74, 6) is 0.0251. The van der Waals surface area contributed by atoms with E-state index in [9.17, 15) is 9.90 Å². The average molecular weight is 296 g/mol. The molecule has 0 spiro atoms. The number of benzene rings is 1. The molecule has 118 valence electrons. The van der Waals surface area contributed by atoms with Crippen molar-refractivity contribution < 1.29 is 24.5 Å². The normalized spacial score (nSPS) is 10.5. The van der Waals surface area contributed by atoms with Gasteiger partial charge in [-0.15, -0.1) is 0 Å². The highest BCUT2D eigenvalue weighted by atomic mass is 16.7. The van der Waals surface area contributed by atoms with Crippen molar-refractivity contribution in [2.45, 2.75) is 53.4 Å². The fraction of sp³-hybridized carbons (Fsp3) is 0.562. The van der Waals surface area contributed by atoms with Crippen molar-refractivity contribution in [2.24, 2.45) is 0 Å². The predicted octanol–water partition coefficient (Wildman–Crippen LogP) is 4.33. The Hall–Kier alpha value is -1.91. The summed E-state index contributed by atoms with van der Waals surface area (Å²) in [6.45, 7) is 8.01. The first-order valence-corrected chi connectivity index (χ1v) is 7.26. The summed E-state index contributed by atoms with van der Waals surface area (Å²) in [5, 5.41) is 18.9. The van der Waals surface area contributed by atoms with Crippen molar-refractivity contribution in [3.63, 3.8) is 0 Å². The SMILES string of the molecule is CCCCCCOc1c(C)c(C)c(C)c(O)c1OC(=O)O. The lowest BCUT2D eigenvalue weighted by Crippen LogP contribution is -2.09. The van der Waals surface area contributed by atoms with Crippen LogP contribution in [0.5, 0.6) is 17.2 Å². The monoisotopic (exact) mass is 296 g/mol. The van der Waals surface area contributed by atoms with Crippen LogP contribution >= 0.6 is 0 Å².